The van der Waals surface area contributed by atoms with Crippen LogP contribution in [0.1, 0.15) is 33.6 Å². The Hall–Kier alpha value is -0.790. The van der Waals surface area contributed by atoms with Gasteiger partial charge in [0.25, 0.3) is 0 Å². The van der Waals surface area contributed by atoms with Gasteiger partial charge in [-0.05, 0) is 30.8 Å². The summed E-state index contributed by atoms with van der Waals surface area (Å²) in [6, 6.07) is 0. The molecule has 0 aromatic rings. The van der Waals surface area contributed by atoms with Crippen LogP contribution in [0, 0.1) is 11.8 Å². The predicted molar refractivity (Wildman–Crippen MR) is 60.3 cm³/mol. The number of fused-ring (bicyclic) bond motifs is 1. The molecule has 0 radical (unpaired) electrons. The zero-order chi connectivity index (χ0) is 10.1. The molecule has 2 rings (SSSR count). The number of nitrogens with zero attached hydrogens (tertiary/aromatic N) is 2. The lowest BCUT2D eigenvalue weighted by Gasteiger charge is -2.37. The zero-order valence-electron chi connectivity index (χ0n) is 9.45. The Morgan fingerprint density at radius 2 is 2.29 bits per heavy atom. The minimum atomic E-state index is 0.798. The summed E-state index contributed by atoms with van der Waals surface area (Å²) in [5.41, 5.74) is 1.39. The Kier molecular flexibility index (Phi) is 2.62. The van der Waals surface area contributed by atoms with Gasteiger partial charge < -0.3 is 4.90 Å². The molecule has 0 amide bonds. The average Bonchev–Trinajstić information content (AvgIpc) is 2.16. The molecule has 1 unspecified atom stereocenters. The quantitative estimate of drug-likeness (QED) is 0.623. The molecule has 0 bridgehead atoms. The van der Waals surface area contributed by atoms with E-state index in [2.05, 4.69) is 36.9 Å². The van der Waals surface area contributed by atoms with E-state index in [0.717, 1.165) is 18.4 Å². The van der Waals surface area contributed by atoms with Crippen LogP contribution in [-0.4, -0.2) is 23.8 Å². The van der Waals surface area contributed by atoms with Gasteiger partial charge in [-0.25, -0.2) is 0 Å². The van der Waals surface area contributed by atoms with Crippen LogP contribution in [0.25, 0.3) is 0 Å². The highest BCUT2D eigenvalue weighted by Gasteiger charge is 2.26. The van der Waals surface area contributed by atoms with Gasteiger partial charge in [0, 0.05) is 19.2 Å². The van der Waals surface area contributed by atoms with Gasteiger partial charge in [-0.15, -0.1) is 0 Å². The standard InChI is InChI=1S/C12H20N2/c1-9(2)11-4-5-12-13-6-10(3)7-14(12)8-11/h7,9,11H,4-6,8H2,1-3H3. The maximum atomic E-state index is 4.60. The van der Waals surface area contributed by atoms with Crippen molar-refractivity contribution in [2.45, 2.75) is 33.6 Å². The summed E-state index contributed by atoms with van der Waals surface area (Å²) in [4.78, 5) is 6.97. The van der Waals surface area contributed by atoms with Crippen molar-refractivity contribution in [2.75, 3.05) is 13.1 Å². The lowest BCUT2D eigenvalue weighted by Crippen LogP contribution is -2.40. The molecule has 0 aromatic heterocycles. The maximum Gasteiger partial charge on any atom is 0.103 e. The summed E-state index contributed by atoms with van der Waals surface area (Å²) >= 11 is 0. The Labute approximate surface area is 86.7 Å². The topological polar surface area (TPSA) is 15.6 Å². The van der Waals surface area contributed by atoms with Crippen molar-refractivity contribution in [1.82, 2.24) is 4.90 Å². The summed E-state index contributed by atoms with van der Waals surface area (Å²) < 4.78 is 0. The number of piperidine rings is 1. The number of rotatable bonds is 1. The van der Waals surface area contributed by atoms with Crippen molar-refractivity contribution in [2.24, 2.45) is 16.8 Å². The van der Waals surface area contributed by atoms with Gasteiger partial charge in [-0.1, -0.05) is 13.8 Å². The molecule has 1 atom stereocenters. The van der Waals surface area contributed by atoms with Crippen LogP contribution in [0.3, 0.4) is 0 Å². The fraction of sp³-hybridized carbons (Fsp3) is 0.750. The van der Waals surface area contributed by atoms with E-state index >= 15 is 0 Å². The SMILES string of the molecule is CC1=CN2CC(C(C)C)CCC2=NC1. The summed E-state index contributed by atoms with van der Waals surface area (Å²) in [6.45, 7) is 8.91. The summed E-state index contributed by atoms with van der Waals surface area (Å²) in [5, 5.41) is 0. The Balaban J connectivity index is 2.07. The molecule has 0 spiro atoms. The van der Waals surface area contributed by atoms with Crippen molar-refractivity contribution in [3.63, 3.8) is 0 Å². The Morgan fingerprint density at radius 1 is 1.50 bits per heavy atom. The second-order valence-corrected chi connectivity index (χ2v) is 4.90. The highest BCUT2D eigenvalue weighted by molar-refractivity contribution is 5.85. The highest BCUT2D eigenvalue weighted by Crippen LogP contribution is 2.27. The molecular formula is C12H20N2. The lowest BCUT2D eigenvalue weighted by atomic mass is 9.87. The molecule has 2 aliphatic rings. The van der Waals surface area contributed by atoms with Crippen molar-refractivity contribution in [3.8, 4) is 0 Å². The van der Waals surface area contributed by atoms with E-state index in [0.29, 0.717) is 0 Å². The second-order valence-electron chi connectivity index (χ2n) is 4.90. The highest BCUT2D eigenvalue weighted by atomic mass is 15.2. The first kappa shape index (κ1) is 9.75. The van der Waals surface area contributed by atoms with Gasteiger partial charge in [0.1, 0.15) is 5.84 Å². The van der Waals surface area contributed by atoms with E-state index in [1.807, 2.05) is 0 Å². The van der Waals surface area contributed by atoms with Gasteiger partial charge in [0.15, 0.2) is 0 Å². The minimum absolute atomic E-state index is 0.798. The fourth-order valence-corrected chi connectivity index (χ4v) is 2.27. The summed E-state index contributed by atoms with van der Waals surface area (Å²) in [7, 11) is 0. The van der Waals surface area contributed by atoms with Crippen LogP contribution < -0.4 is 0 Å². The largest absolute Gasteiger partial charge is 0.336 e. The van der Waals surface area contributed by atoms with Gasteiger partial charge >= 0.3 is 0 Å². The van der Waals surface area contributed by atoms with E-state index in [9.17, 15) is 0 Å². The third kappa shape index (κ3) is 1.84. The molecule has 1 fully saturated rings. The van der Waals surface area contributed by atoms with E-state index in [1.165, 1.54) is 30.8 Å². The van der Waals surface area contributed by atoms with Gasteiger partial charge in [-0.3, -0.25) is 4.99 Å². The molecule has 2 heteroatoms. The first-order valence-electron chi connectivity index (χ1n) is 5.64. The molecule has 0 aromatic carbocycles. The van der Waals surface area contributed by atoms with Crippen molar-refractivity contribution >= 4 is 5.84 Å². The van der Waals surface area contributed by atoms with Gasteiger partial charge in [0.2, 0.25) is 0 Å². The van der Waals surface area contributed by atoms with Crippen molar-refractivity contribution in [3.05, 3.63) is 11.8 Å². The van der Waals surface area contributed by atoms with E-state index in [4.69, 9.17) is 0 Å². The van der Waals surface area contributed by atoms with Crippen molar-refractivity contribution in [1.29, 1.82) is 0 Å². The molecule has 0 N–H and O–H groups in total. The van der Waals surface area contributed by atoms with Crippen LogP contribution in [-0.2, 0) is 0 Å². The van der Waals surface area contributed by atoms with Crippen molar-refractivity contribution < 1.29 is 0 Å². The minimum Gasteiger partial charge on any atom is -0.336 e. The van der Waals surface area contributed by atoms with Gasteiger partial charge in [-0.2, -0.15) is 0 Å². The number of aliphatic imine (C=N–C) groups is 1. The first-order chi connectivity index (χ1) is 6.66. The first-order valence-corrected chi connectivity index (χ1v) is 5.64. The Bertz CT molecular complexity index is 276. The van der Waals surface area contributed by atoms with Crippen LogP contribution >= 0.6 is 0 Å². The summed E-state index contributed by atoms with van der Waals surface area (Å²) in [6.07, 6.45) is 4.78. The monoisotopic (exact) mass is 192 g/mol. The van der Waals surface area contributed by atoms with Gasteiger partial charge in [0.05, 0.1) is 6.54 Å². The molecule has 0 aliphatic carbocycles. The molecule has 2 nitrogen and oxygen atoms in total. The molecule has 78 valence electrons. The number of hydrogen-bond acceptors (Lipinski definition) is 2. The fourth-order valence-electron chi connectivity index (χ4n) is 2.27. The number of amidine groups is 1. The normalized spacial score (nSPS) is 27.1. The number of hydrogen-bond donors (Lipinski definition) is 0. The van der Waals surface area contributed by atoms with Crippen LogP contribution in [0.4, 0.5) is 0 Å². The Morgan fingerprint density at radius 3 is 3.00 bits per heavy atom. The zero-order valence-corrected chi connectivity index (χ0v) is 9.45. The van der Waals surface area contributed by atoms with E-state index in [-0.39, 0.29) is 0 Å². The third-order valence-electron chi connectivity index (χ3n) is 3.33. The van der Waals surface area contributed by atoms with Crippen LogP contribution in [0.2, 0.25) is 0 Å². The molecule has 2 heterocycles. The molecule has 1 saturated heterocycles. The second kappa shape index (κ2) is 3.76. The van der Waals surface area contributed by atoms with Crippen LogP contribution in [0.5, 0.6) is 0 Å². The van der Waals surface area contributed by atoms with E-state index < -0.39 is 0 Å². The predicted octanol–water partition coefficient (Wildman–Crippen LogP) is 2.67. The maximum absolute atomic E-state index is 4.60. The molecule has 0 saturated carbocycles. The molecular weight excluding hydrogens is 172 g/mol. The summed E-state index contributed by atoms with van der Waals surface area (Å²) in [5.74, 6) is 2.95. The molecule has 14 heavy (non-hydrogen) atoms. The lowest BCUT2D eigenvalue weighted by molar-refractivity contribution is 0.274. The third-order valence-corrected chi connectivity index (χ3v) is 3.33. The van der Waals surface area contributed by atoms with E-state index in [1.54, 1.807) is 0 Å². The average molecular weight is 192 g/mol. The smallest absolute Gasteiger partial charge is 0.103 e. The molecule has 2 aliphatic heterocycles. The van der Waals surface area contributed by atoms with Crippen LogP contribution in [0.15, 0.2) is 16.8 Å².